The molecule has 14 aromatic rings. The van der Waals surface area contributed by atoms with Gasteiger partial charge in [0.05, 0.1) is 105 Å². The molecule has 1 saturated heterocycles. The predicted octanol–water partition coefficient (Wildman–Crippen LogP) is 15.1. The number of fused-ring (bicyclic) bond motifs is 3. The van der Waals surface area contributed by atoms with Crippen LogP contribution in [0, 0.1) is 11.6 Å². The summed E-state index contributed by atoms with van der Waals surface area (Å²) in [6, 6.07) is 55.9. The Balaban J connectivity index is 0.000000142. The zero-order valence-corrected chi connectivity index (χ0v) is 57.9. The highest BCUT2D eigenvalue weighted by Gasteiger charge is 2.30. The van der Waals surface area contributed by atoms with Crippen molar-refractivity contribution in [2.45, 2.75) is 12.5 Å². The summed E-state index contributed by atoms with van der Waals surface area (Å²) in [5, 5.41) is 5.39. The number of imidazole rings is 3. The number of nitrogens with one attached hydrogen (secondary N) is 2. The number of para-hydroxylation sites is 1. The second kappa shape index (κ2) is 31.6. The summed E-state index contributed by atoms with van der Waals surface area (Å²) in [5.41, 5.74) is 6.56. The second-order valence-corrected chi connectivity index (χ2v) is 24.1. The van der Waals surface area contributed by atoms with Gasteiger partial charge in [0.1, 0.15) is 23.0 Å². The van der Waals surface area contributed by atoms with Crippen LogP contribution < -0.4 is 51.4 Å². The van der Waals surface area contributed by atoms with Crippen LogP contribution in [0.2, 0.25) is 5.02 Å². The van der Waals surface area contributed by atoms with Crippen molar-refractivity contribution in [2.24, 2.45) is 0 Å². The third-order valence-corrected chi connectivity index (χ3v) is 17.5. The molecule has 534 valence electrons. The van der Waals surface area contributed by atoms with Gasteiger partial charge in [-0.15, -0.1) is 0 Å². The largest absolute Gasteiger partial charge is 0.493 e. The van der Waals surface area contributed by atoms with Gasteiger partial charge < -0.3 is 39.2 Å². The highest BCUT2D eigenvalue weighted by atomic mass is 35.5. The Hall–Kier alpha value is -14.2. The number of methoxy groups -OCH3 is 2. The molecule has 0 unspecified atom stereocenters. The average molecular weight is 1450 g/mol. The zero-order valence-electron chi connectivity index (χ0n) is 57.2. The van der Waals surface area contributed by atoms with E-state index in [4.69, 9.17) is 35.3 Å². The summed E-state index contributed by atoms with van der Waals surface area (Å²) in [7, 11) is 3.13. The molecule has 107 heavy (non-hydrogen) atoms. The van der Waals surface area contributed by atoms with Gasteiger partial charge in [0.15, 0.2) is 34.6 Å². The fraction of sp³-hybridized carbons (Fsp3) is 0.0741. The number of pyridine rings is 3. The Morgan fingerprint density at radius 3 is 1.48 bits per heavy atom. The molecule has 0 bridgehead atoms. The van der Waals surface area contributed by atoms with Crippen molar-refractivity contribution in [1.29, 1.82) is 0 Å². The van der Waals surface area contributed by atoms with Gasteiger partial charge in [0.2, 0.25) is 17.7 Å². The summed E-state index contributed by atoms with van der Waals surface area (Å²) in [5.74, 6) is 1.18. The van der Waals surface area contributed by atoms with Gasteiger partial charge in [-0.3, -0.25) is 56.7 Å². The molecule has 1 atom stereocenters. The fourth-order valence-electron chi connectivity index (χ4n) is 12.2. The van der Waals surface area contributed by atoms with E-state index in [0.29, 0.717) is 121 Å². The van der Waals surface area contributed by atoms with Crippen molar-refractivity contribution in [1.82, 2.24) is 47.3 Å². The first-order chi connectivity index (χ1) is 52.0. The zero-order chi connectivity index (χ0) is 74.8. The van der Waals surface area contributed by atoms with E-state index in [1.165, 1.54) is 45.6 Å². The fourth-order valence-corrected chi connectivity index (χ4v) is 12.4. The normalized spacial score (nSPS) is 12.3. The molecule has 23 nitrogen and oxygen atoms in total. The molecule has 26 heteroatoms. The number of amides is 3. The number of likely N-dealkylation sites (tertiary alicyclic amines) is 1. The van der Waals surface area contributed by atoms with Gasteiger partial charge in [-0.2, -0.15) is 0 Å². The van der Waals surface area contributed by atoms with E-state index in [9.17, 15) is 37.5 Å². The van der Waals surface area contributed by atoms with Crippen LogP contribution in [0.3, 0.4) is 0 Å². The maximum atomic E-state index is 15.0. The molecule has 3 amide bonds. The average Bonchev–Trinajstić information content (AvgIpc) is 1.62. The lowest BCUT2D eigenvalue weighted by Crippen LogP contribution is -2.31. The molecule has 0 radical (unpaired) electrons. The molecule has 6 aromatic heterocycles. The highest BCUT2D eigenvalue weighted by molar-refractivity contribution is 6.30. The number of halogens is 3. The molecular formula is C81H63ClF2N12O11. The Morgan fingerprint density at radius 2 is 0.925 bits per heavy atom. The molecule has 1 fully saturated rings. The van der Waals surface area contributed by atoms with Crippen LogP contribution in [-0.2, 0) is 14.4 Å². The molecule has 1 aliphatic heterocycles. The van der Waals surface area contributed by atoms with Gasteiger partial charge in [-0.1, -0.05) is 67.7 Å². The molecule has 0 saturated carbocycles. The van der Waals surface area contributed by atoms with Crippen LogP contribution in [0.15, 0.2) is 290 Å². The first-order valence-corrected chi connectivity index (χ1v) is 33.4. The lowest BCUT2D eigenvalue weighted by Gasteiger charge is -2.15. The smallest absolute Gasteiger partial charge is 0.338 e. The number of carbonyl (C=O) groups is 3. The van der Waals surface area contributed by atoms with Gasteiger partial charge in [0, 0.05) is 55.2 Å². The van der Waals surface area contributed by atoms with Gasteiger partial charge in [-0.05, 0) is 176 Å². The SMILES string of the molecule is C=CC(=O)N1CC[C@@H](n2c(=O)n(-c3ccc(Oc4cccc(Cl)c4F)cc3)c3cnccc32)C1.C=CC(=O)Nc1cccc(-n2c(=O)n(-c3ccc(Oc4ccc(OC)c(OC)c4)cc3)c3cnccc32)c1.C=CC(=O)Nc1cccc(-n2c(=O)n(-c3ccc(Oc4ccccc4)c(F)c3)c3cnccc32)c1. The Morgan fingerprint density at radius 1 is 0.458 bits per heavy atom. The van der Waals surface area contributed by atoms with Crippen molar-refractivity contribution in [3.05, 3.63) is 323 Å². The van der Waals surface area contributed by atoms with Gasteiger partial charge >= 0.3 is 17.1 Å². The number of ether oxygens (including phenoxy) is 5. The molecule has 8 aromatic carbocycles. The number of anilines is 2. The van der Waals surface area contributed by atoms with E-state index in [-0.39, 0.29) is 51.7 Å². The Bertz CT molecular complexity index is 5930. The maximum absolute atomic E-state index is 15.0. The standard InChI is InChI=1S/C29H24N4O5.C27H19FN4O3.C25H20ClFN4O3/c1-4-28(34)31-19-6-5-7-21(16-19)33-24-14-15-30-18-25(24)32(29(33)35)20-8-10-22(11-9-20)38-23-12-13-26(36-2)27(17-23)37-3;1-2-26(33)30-18-7-6-8-19(15-18)31-23-13-14-29-17-24(23)32(27(31)34)20-11-12-25(22(28)16-20)35-21-9-4-3-5-10-21;1-2-23(32)29-13-11-17(15-29)31-20-10-12-28-14-21(20)30(25(31)33)16-6-8-18(9-7-16)34-22-5-3-4-19(26)24(22)27/h4-18H,1H2,2-3H3,(H,31,34);2-17H,1H2,(H,30,33);2-10,12,14,17H,1,11,13,15H2/t;;17-/m..1/s1. The van der Waals surface area contributed by atoms with E-state index in [2.05, 4.69) is 45.3 Å². The number of benzene rings is 8. The number of aromatic nitrogens is 9. The molecule has 0 spiro atoms. The maximum Gasteiger partial charge on any atom is 0.338 e. The molecule has 0 aliphatic carbocycles. The first kappa shape index (κ1) is 71.2. The van der Waals surface area contributed by atoms with E-state index in [1.807, 2.05) is 6.07 Å². The minimum Gasteiger partial charge on any atom is -0.493 e. The van der Waals surface area contributed by atoms with Crippen LogP contribution in [0.1, 0.15) is 12.5 Å². The van der Waals surface area contributed by atoms with Crippen LogP contribution >= 0.6 is 11.6 Å². The van der Waals surface area contributed by atoms with E-state index in [0.717, 1.165) is 11.6 Å². The quantitative estimate of drug-likeness (QED) is 0.0715. The van der Waals surface area contributed by atoms with Crippen LogP contribution in [0.4, 0.5) is 20.2 Å². The predicted molar refractivity (Wildman–Crippen MR) is 404 cm³/mol. The molecule has 7 heterocycles. The third-order valence-electron chi connectivity index (χ3n) is 17.2. The molecular weight excluding hydrogens is 1390 g/mol. The number of hydrogen-bond acceptors (Lipinski definition) is 14. The molecule has 2 N–H and O–H groups in total. The van der Waals surface area contributed by atoms with E-state index in [1.54, 1.807) is 244 Å². The lowest BCUT2D eigenvalue weighted by atomic mass is 10.2. The number of nitrogens with zero attached hydrogens (tertiary/aromatic N) is 10. The first-order valence-electron chi connectivity index (χ1n) is 33.0. The van der Waals surface area contributed by atoms with Crippen LogP contribution in [0.5, 0.6) is 46.0 Å². The number of hydrogen-bond donors (Lipinski definition) is 2. The van der Waals surface area contributed by atoms with Crippen LogP contribution in [0.25, 0.3) is 61.5 Å². The summed E-state index contributed by atoms with van der Waals surface area (Å²) >= 11 is 5.82. The second-order valence-electron chi connectivity index (χ2n) is 23.7. The van der Waals surface area contributed by atoms with Crippen LogP contribution in [-0.4, -0.2) is 92.3 Å². The third kappa shape index (κ3) is 15.0. The lowest BCUT2D eigenvalue weighted by molar-refractivity contribution is -0.125. The monoisotopic (exact) mass is 1450 g/mol. The number of carbonyl (C=O) groups excluding carboxylic acids is 3. The van der Waals surface area contributed by atoms with Gasteiger partial charge in [0.25, 0.3) is 0 Å². The Kier molecular flexibility index (Phi) is 21.0. The minimum atomic E-state index is -0.640. The minimum absolute atomic E-state index is 0.0121. The summed E-state index contributed by atoms with van der Waals surface area (Å²) in [4.78, 5) is 90.7. The van der Waals surface area contributed by atoms with Crippen molar-refractivity contribution in [3.63, 3.8) is 0 Å². The van der Waals surface area contributed by atoms with Gasteiger partial charge in [-0.25, -0.2) is 23.2 Å². The molecule has 1 aliphatic rings. The van der Waals surface area contributed by atoms with E-state index >= 15 is 0 Å². The van der Waals surface area contributed by atoms with Crippen molar-refractivity contribution < 1.29 is 46.8 Å². The highest BCUT2D eigenvalue weighted by Crippen LogP contribution is 2.36. The van der Waals surface area contributed by atoms with Crippen molar-refractivity contribution in [2.75, 3.05) is 37.9 Å². The topological polar surface area (TPSA) is 244 Å². The summed E-state index contributed by atoms with van der Waals surface area (Å²) in [6.07, 6.45) is 14.0. The van der Waals surface area contributed by atoms with Crippen molar-refractivity contribution in [3.8, 4) is 74.4 Å². The summed E-state index contributed by atoms with van der Waals surface area (Å²) in [6.45, 7) is 11.5. The Labute approximate surface area is 613 Å². The molecule has 15 rings (SSSR count). The number of rotatable bonds is 19. The van der Waals surface area contributed by atoms with E-state index < -0.39 is 17.3 Å². The summed E-state index contributed by atoms with van der Waals surface area (Å²) < 4.78 is 66.3. The van der Waals surface area contributed by atoms with Crippen molar-refractivity contribution >= 4 is 73.8 Å².